The molecule has 1 amide bonds. The molecule has 0 unspecified atom stereocenters. The van der Waals surface area contributed by atoms with Crippen molar-refractivity contribution in [1.29, 1.82) is 0 Å². The maximum absolute atomic E-state index is 12.1. The lowest BCUT2D eigenvalue weighted by Gasteiger charge is -2.12. The van der Waals surface area contributed by atoms with E-state index in [1.807, 2.05) is 67.7 Å². The average molecular weight is 569 g/mol. The third kappa shape index (κ3) is 6.41. The van der Waals surface area contributed by atoms with Gasteiger partial charge in [-0.3, -0.25) is 5.32 Å². The smallest absolute Gasteiger partial charge is 0.411 e. The molecule has 216 valence electrons. The fourth-order valence-electron chi connectivity index (χ4n) is 4.61. The fourth-order valence-corrected chi connectivity index (χ4v) is 4.61. The number of rotatable bonds is 11. The monoisotopic (exact) mass is 568 g/mol. The molecule has 1 N–H and O–H groups in total. The number of methoxy groups -OCH3 is 2. The van der Waals surface area contributed by atoms with Crippen molar-refractivity contribution < 1.29 is 23.8 Å². The molecule has 11 heteroatoms. The lowest BCUT2D eigenvalue weighted by atomic mass is 10.1. The summed E-state index contributed by atoms with van der Waals surface area (Å²) in [5.74, 6) is 0.693. The van der Waals surface area contributed by atoms with E-state index in [2.05, 4.69) is 25.3 Å². The minimum atomic E-state index is -0.462. The number of aromatic nitrogens is 5. The molecule has 0 aliphatic carbocycles. The molecule has 2 aromatic heterocycles. The predicted octanol–water partition coefficient (Wildman–Crippen LogP) is 5.54. The largest absolute Gasteiger partial charge is 0.496 e. The highest BCUT2D eigenvalue weighted by Gasteiger charge is 2.15. The number of esters is 1. The van der Waals surface area contributed by atoms with Gasteiger partial charge in [0.15, 0.2) is 0 Å². The van der Waals surface area contributed by atoms with Crippen LogP contribution in [0.5, 0.6) is 5.75 Å². The number of fused-ring (bicyclic) bond motifs is 1. The molecule has 0 saturated carbocycles. The van der Waals surface area contributed by atoms with Gasteiger partial charge in [0.25, 0.3) is 0 Å². The summed E-state index contributed by atoms with van der Waals surface area (Å²) < 4.78 is 17.9. The quantitative estimate of drug-likeness (QED) is 0.163. The maximum Gasteiger partial charge on any atom is 0.411 e. The zero-order valence-electron chi connectivity index (χ0n) is 23.7. The molecule has 5 rings (SSSR count). The maximum atomic E-state index is 12.1. The van der Waals surface area contributed by atoms with Crippen LogP contribution in [-0.4, -0.2) is 57.7 Å². The molecule has 0 atom stereocenters. The van der Waals surface area contributed by atoms with E-state index in [-0.39, 0.29) is 6.54 Å². The van der Waals surface area contributed by atoms with Gasteiger partial charge in [0.1, 0.15) is 5.75 Å². The summed E-state index contributed by atoms with van der Waals surface area (Å²) in [7, 11) is 2.97. The molecule has 2 heterocycles. The summed E-state index contributed by atoms with van der Waals surface area (Å²) in [4.78, 5) is 25.7. The van der Waals surface area contributed by atoms with E-state index in [1.54, 1.807) is 19.2 Å². The molecule has 0 bridgehead atoms. The van der Waals surface area contributed by atoms with Gasteiger partial charge in [-0.2, -0.15) is 4.80 Å². The molecule has 0 fully saturated rings. The highest BCUT2D eigenvalue weighted by Crippen LogP contribution is 2.28. The van der Waals surface area contributed by atoms with Gasteiger partial charge in [0.2, 0.25) is 5.82 Å². The number of hydrogen-bond donors (Lipinski definition) is 1. The molecule has 42 heavy (non-hydrogen) atoms. The minimum Gasteiger partial charge on any atom is -0.496 e. The molecule has 11 nitrogen and oxygen atoms in total. The standard InChI is InChI=1S/C31H32N6O5/c1-4-5-16-42-31(39)32-25-13-12-21-14-15-36(27(21)18-25)19-24-11-10-22(17-28(24)40-2)29-33-35-37(34-29)20-23-8-6-7-9-26(23)30(38)41-3/h6-15,17-18H,4-5,16,19-20H2,1-3H3,(H,32,39). The molecule has 0 saturated heterocycles. The van der Waals surface area contributed by atoms with Crippen molar-refractivity contribution in [3.05, 3.63) is 89.6 Å². The van der Waals surface area contributed by atoms with Gasteiger partial charge in [0.05, 0.1) is 45.0 Å². The third-order valence-corrected chi connectivity index (χ3v) is 6.82. The van der Waals surface area contributed by atoms with Crippen molar-refractivity contribution in [1.82, 2.24) is 24.8 Å². The Kier molecular flexibility index (Phi) is 8.76. The Labute approximate surface area is 243 Å². The van der Waals surface area contributed by atoms with Crippen LogP contribution in [-0.2, 0) is 22.6 Å². The highest BCUT2D eigenvalue weighted by molar-refractivity contribution is 5.91. The van der Waals surface area contributed by atoms with E-state index in [1.165, 1.54) is 11.9 Å². The van der Waals surface area contributed by atoms with Crippen LogP contribution in [0.4, 0.5) is 10.5 Å². The predicted molar refractivity (Wildman–Crippen MR) is 158 cm³/mol. The van der Waals surface area contributed by atoms with Gasteiger partial charge in [-0.1, -0.05) is 49.7 Å². The number of anilines is 1. The molecule has 5 aromatic rings. The summed E-state index contributed by atoms with van der Waals surface area (Å²) in [6.45, 7) is 3.25. The molecule has 0 spiro atoms. The topological polar surface area (TPSA) is 122 Å². The van der Waals surface area contributed by atoms with Crippen LogP contribution in [0, 0.1) is 0 Å². The van der Waals surface area contributed by atoms with Gasteiger partial charge in [-0.25, -0.2) is 9.59 Å². The van der Waals surface area contributed by atoms with Crippen LogP contribution in [0.15, 0.2) is 72.9 Å². The van der Waals surface area contributed by atoms with E-state index < -0.39 is 12.1 Å². The Hall–Kier alpha value is -5.19. The number of nitrogens with one attached hydrogen (secondary N) is 1. The molecular weight excluding hydrogens is 536 g/mol. The van der Waals surface area contributed by atoms with E-state index in [9.17, 15) is 9.59 Å². The van der Waals surface area contributed by atoms with Crippen LogP contribution >= 0.6 is 0 Å². The van der Waals surface area contributed by atoms with E-state index >= 15 is 0 Å². The first-order valence-corrected chi connectivity index (χ1v) is 13.6. The number of nitrogens with zero attached hydrogens (tertiary/aromatic N) is 5. The van der Waals surface area contributed by atoms with Crippen LogP contribution in [0.2, 0.25) is 0 Å². The lowest BCUT2D eigenvalue weighted by molar-refractivity contribution is 0.0599. The first-order chi connectivity index (χ1) is 20.5. The van der Waals surface area contributed by atoms with Crippen molar-refractivity contribution in [2.45, 2.75) is 32.9 Å². The Morgan fingerprint density at radius 1 is 0.952 bits per heavy atom. The SMILES string of the molecule is CCCCOC(=O)Nc1ccc2ccn(Cc3ccc(-c4nnn(Cc5ccccc5C(=O)OC)n4)cc3OC)c2c1. The number of carbonyl (C=O) groups excluding carboxylic acids is 2. The first-order valence-electron chi connectivity index (χ1n) is 13.6. The van der Waals surface area contributed by atoms with Gasteiger partial charge in [0, 0.05) is 23.0 Å². The van der Waals surface area contributed by atoms with Crippen molar-refractivity contribution in [3.8, 4) is 17.1 Å². The number of benzene rings is 3. The van der Waals surface area contributed by atoms with Gasteiger partial charge in [-0.05, 0) is 52.9 Å². The Bertz CT molecular complexity index is 1710. The van der Waals surface area contributed by atoms with Crippen LogP contribution in [0.3, 0.4) is 0 Å². The molecule has 0 radical (unpaired) electrons. The van der Waals surface area contributed by atoms with Crippen molar-refractivity contribution in [2.75, 3.05) is 26.1 Å². The number of unbranched alkanes of at least 4 members (excludes halogenated alkanes) is 1. The minimum absolute atomic E-state index is 0.265. The number of hydrogen-bond acceptors (Lipinski definition) is 8. The Morgan fingerprint density at radius 3 is 2.62 bits per heavy atom. The van der Waals surface area contributed by atoms with Crippen LogP contribution < -0.4 is 10.1 Å². The molecule has 0 aliphatic rings. The molecule has 3 aromatic carbocycles. The summed E-state index contributed by atoms with van der Waals surface area (Å²) in [5, 5.41) is 16.8. The van der Waals surface area contributed by atoms with Gasteiger partial charge < -0.3 is 18.8 Å². The summed E-state index contributed by atoms with van der Waals surface area (Å²) in [6, 6.07) is 20.7. The normalized spacial score (nSPS) is 10.9. The lowest BCUT2D eigenvalue weighted by Crippen LogP contribution is -2.14. The second-order valence-corrected chi connectivity index (χ2v) is 9.65. The molecule has 0 aliphatic heterocycles. The number of tetrazole rings is 1. The number of ether oxygens (including phenoxy) is 3. The number of carbonyl (C=O) groups is 2. The zero-order chi connectivity index (χ0) is 29.5. The van der Waals surface area contributed by atoms with Crippen LogP contribution in [0.25, 0.3) is 22.3 Å². The second-order valence-electron chi connectivity index (χ2n) is 9.65. The van der Waals surface area contributed by atoms with E-state index in [4.69, 9.17) is 14.2 Å². The van der Waals surface area contributed by atoms with Crippen molar-refractivity contribution in [2.24, 2.45) is 0 Å². The van der Waals surface area contributed by atoms with Crippen molar-refractivity contribution in [3.63, 3.8) is 0 Å². The Morgan fingerprint density at radius 2 is 1.81 bits per heavy atom. The number of amides is 1. The zero-order valence-corrected chi connectivity index (χ0v) is 23.7. The highest BCUT2D eigenvalue weighted by atomic mass is 16.5. The first kappa shape index (κ1) is 28.3. The third-order valence-electron chi connectivity index (χ3n) is 6.82. The second kappa shape index (κ2) is 13.0. The van der Waals surface area contributed by atoms with E-state index in [0.717, 1.165) is 40.4 Å². The van der Waals surface area contributed by atoms with E-state index in [0.29, 0.717) is 36.0 Å². The molecular formula is C31H32N6O5. The fraction of sp³-hybridized carbons (Fsp3) is 0.258. The Balaban J connectivity index is 1.32. The average Bonchev–Trinajstić information content (AvgIpc) is 3.64. The van der Waals surface area contributed by atoms with Crippen molar-refractivity contribution >= 4 is 28.7 Å². The van der Waals surface area contributed by atoms with Gasteiger partial charge >= 0.3 is 12.1 Å². The van der Waals surface area contributed by atoms with Crippen LogP contribution in [0.1, 0.15) is 41.3 Å². The summed E-state index contributed by atoms with van der Waals surface area (Å²) >= 11 is 0. The summed E-state index contributed by atoms with van der Waals surface area (Å²) in [5.41, 5.74) is 4.51. The van der Waals surface area contributed by atoms with Gasteiger partial charge in [-0.15, -0.1) is 10.2 Å². The summed E-state index contributed by atoms with van der Waals surface area (Å²) in [6.07, 6.45) is 3.33.